The van der Waals surface area contributed by atoms with E-state index in [1.54, 1.807) is 42.1 Å². The van der Waals surface area contributed by atoms with E-state index in [2.05, 4.69) is 20.6 Å². The minimum absolute atomic E-state index is 0.0340. The highest BCUT2D eigenvalue weighted by Gasteiger charge is 2.05. The molecule has 116 valence electrons. The van der Waals surface area contributed by atoms with Crippen molar-refractivity contribution in [1.29, 1.82) is 0 Å². The Hall–Kier alpha value is -2.28. The van der Waals surface area contributed by atoms with Crippen LogP contribution in [0.2, 0.25) is 0 Å². The fraction of sp³-hybridized carbons (Fsp3) is 0.333. The molecule has 0 atom stereocenters. The van der Waals surface area contributed by atoms with Crippen molar-refractivity contribution in [3.63, 3.8) is 0 Å². The van der Waals surface area contributed by atoms with Crippen molar-refractivity contribution in [2.24, 2.45) is 0 Å². The second kappa shape index (κ2) is 8.89. The maximum atomic E-state index is 11.7. The molecule has 0 aliphatic heterocycles. The number of rotatable bonds is 8. The SMILES string of the molecule is O=C(CCCc1nccs1)NCCC(=O)Nc1ccncc1. The van der Waals surface area contributed by atoms with Gasteiger partial charge in [0.2, 0.25) is 11.8 Å². The van der Waals surface area contributed by atoms with Gasteiger partial charge in [-0.1, -0.05) is 0 Å². The van der Waals surface area contributed by atoms with E-state index in [0.717, 1.165) is 17.8 Å². The molecule has 0 aliphatic carbocycles. The lowest BCUT2D eigenvalue weighted by molar-refractivity contribution is -0.121. The van der Waals surface area contributed by atoms with E-state index in [-0.39, 0.29) is 18.2 Å². The normalized spacial score (nSPS) is 10.2. The topological polar surface area (TPSA) is 84.0 Å². The Morgan fingerprint density at radius 2 is 1.91 bits per heavy atom. The van der Waals surface area contributed by atoms with E-state index in [4.69, 9.17) is 0 Å². The molecule has 0 saturated carbocycles. The molecule has 0 bridgehead atoms. The monoisotopic (exact) mass is 318 g/mol. The van der Waals surface area contributed by atoms with Gasteiger partial charge in [0.15, 0.2) is 0 Å². The standard InChI is InChI=1S/C15H18N4O2S/c20-13(2-1-3-15-18-10-11-22-15)17-9-6-14(21)19-12-4-7-16-8-5-12/h4-5,7-8,10-11H,1-3,6,9H2,(H,17,20)(H,16,19,21). The molecule has 2 heterocycles. The van der Waals surface area contributed by atoms with Crippen LogP contribution in [0.25, 0.3) is 0 Å². The molecule has 6 nitrogen and oxygen atoms in total. The number of pyridine rings is 1. The van der Waals surface area contributed by atoms with E-state index in [9.17, 15) is 9.59 Å². The smallest absolute Gasteiger partial charge is 0.226 e. The zero-order valence-electron chi connectivity index (χ0n) is 12.1. The molecule has 22 heavy (non-hydrogen) atoms. The quantitative estimate of drug-likeness (QED) is 0.780. The Morgan fingerprint density at radius 1 is 1.09 bits per heavy atom. The van der Waals surface area contributed by atoms with Crippen LogP contribution >= 0.6 is 11.3 Å². The number of amides is 2. The average Bonchev–Trinajstić information content (AvgIpc) is 3.01. The molecule has 0 aromatic carbocycles. The van der Waals surface area contributed by atoms with Crippen LogP contribution in [-0.4, -0.2) is 28.3 Å². The molecular formula is C15H18N4O2S. The Morgan fingerprint density at radius 3 is 2.64 bits per heavy atom. The first-order valence-electron chi connectivity index (χ1n) is 7.09. The van der Waals surface area contributed by atoms with Gasteiger partial charge in [0.1, 0.15) is 0 Å². The van der Waals surface area contributed by atoms with Crippen LogP contribution in [0, 0.1) is 0 Å². The summed E-state index contributed by atoms with van der Waals surface area (Å²) in [7, 11) is 0. The molecule has 0 radical (unpaired) electrons. The van der Waals surface area contributed by atoms with Gasteiger partial charge in [0, 0.05) is 49.0 Å². The van der Waals surface area contributed by atoms with Crippen LogP contribution < -0.4 is 10.6 Å². The molecule has 0 spiro atoms. The van der Waals surface area contributed by atoms with Gasteiger partial charge in [-0.15, -0.1) is 11.3 Å². The zero-order chi connectivity index (χ0) is 15.6. The lowest BCUT2D eigenvalue weighted by Crippen LogP contribution is -2.27. The minimum Gasteiger partial charge on any atom is -0.356 e. The Balaban J connectivity index is 1.55. The van der Waals surface area contributed by atoms with Crippen molar-refractivity contribution in [2.45, 2.75) is 25.7 Å². The largest absolute Gasteiger partial charge is 0.356 e. The second-order valence-electron chi connectivity index (χ2n) is 4.66. The molecule has 2 amide bonds. The highest BCUT2D eigenvalue weighted by Crippen LogP contribution is 2.08. The number of thiazole rings is 1. The van der Waals surface area contributed by atoms with Crippen molar-refractivity contribution < 1.29 is 9.59 Å². The molecular weight excluding hydrogens is 300 g/mol. The highest BCUT2D eigenvalue weighted by atomic mass is 32.1. The van der Waals surface area contributed by atoms with Gasteiger partial charge in [-0.05, 0) is 25.0 Å². The second-order valence-corrected chi connectivity index (χ2v) is 5.64. The number of carbonyl (C=O) groups excluding carboxylic acids is 2. The third-order valence-electron chi connectivity index (χ3n) is 2.92. The first kappa shape index (κ1) is 16.1. The van der Waals surface area contributed by atoms with Crippen LogP contribution in [0.4, 0.5) is 5.69 Å². The molecule has 2 aromatic heterocycles. The number of nitrogens with one attached hydrogen (secondary N) is 2. The Bertz CT molecular complexity index is 587. The van der Waals surface area contributed by atoms with E-state index in [1.165, 1.54) is 0 Å². The van der Waals surface area contributed by atoms with Crippen molar-refractivity contribution in [3.8, 4) is 0 Å². The summed E-state index contributed by atoms with van der Waals surface area (Å²) in [4.78, 5) is 31.4. The zero-order valence-corrected chi connectivity index (χ0v) is 12.9. The first-order chi connectivity index (χ1) is 10.7. The third-order valence-corrected chi connectivity index (χ3v) is 3.76. The highest BCUT2D eigenvalue weighted by molar-refractivity contribution is 7.09. The van der Waals surface area contributed by atoms with Gasteiger partial charge in [-0.25, -0.2) is 4.98 Å². The molecule has 0 saturated heterocycles. The van der Waals surface area contributed by atoms with Gasteiger partial charge in [0.25, 0.3) is 0 Å². The van der Waals surface area contributed by atoms with Gasteiger partial charge >= 0.3 is 0 Å². The summed E-state index contributed by atoms with van der Waals surface area (Å²) in [6.45, 7) is 0.340. The minimum atomic E-state index is -0.130. The summed E-state index contributed by atoms with van der Waals surface area (Å²) >= 11 is 1.60. The van der Waals surface area contributed by atoms with E-state index in [0.29, 0.717) is 18.7 Å². The Labute approximate surface area is 133 Å². The van der Waals surface area contributed by atoms with Crippen LogP contribution in [0.3, 0.4) is 0 Å². The maximum absolute atomic E-state index is 11.7. The molecule has 2 N–H and O–H groups in total. The summed E-state index contributed by atoms with van der Waals surface area (Å²) in [6.07, 6.45) is 7.27. The summed E-state index contributed by atoms with van der Waals surface area (Å²) in [5, 5.41) is 8.46. The fourth-order valence-electron chi connectivity index (χ4n) is 1.84. The molecule has 0 fully saturated rings. The average molecular weight is 318 g/mol. The first-order valence-corrected chi connectivity index (χ1v) is 7.97. The number of hydrogen-bond donors (Lipinski definition) is 2. The van der Waals surface area contributed by atoms with Crippen LogP contribution in [0.1, 0.15) is 24.3 Å². The number of nitrogens with zero attached hydrogens (tertiary/aromatic N) is 2. The summed E-state index contributed by atoms with van der Waals surface area (Å²) < 4.78 is 0. The summed E-state index contributed by atoms with van der Waals surface area (Å²) in [5.74, 6) is -0.164. The van der Waals surface area contributed by atoms with Crippen LogP contribution in [-0.2, 0) is 16.0 Å². The summed E-state index contributed by atoms with van der Waals surface area (Å²) in [5.41, 5.74) is 0.703. The van der Waals surface area contributed by atoms with Crippen LogP contribution in [0.15, 0.2) is 36.1 Å². The number of hydrogen-bond acceptors (Lipinski definition) is 5. The van der Waals surface area contributed by atoms with Gasteiger partial charge in [-0.2, -0.15) is 0 Å². The van der Waals surface area contributed by atoms with Gasteiger partial charge in [-0.3, -0.25) is 14.6 Å². The van der Waals surface area contributed by atoms with Crippen molar-refractivity contribution in [2.75, 3.05) is 11.9 Å². The molecule has 7 heteroatoms. The van der Waals surface area contributed by atoms with Gasteiger partial charge < -0.3 is 10.6 Å². The van der Waals surface area contributed by atoms with Crippen molar-refractivity contribution >= 4 is 28.8 Å². The lowest BCUT2D eigenvalue weighted by Gasteiger charge is -2.06. The van der Waals surface area contributed by atoms with E-state index >= 15 is 0 Å². The maximum Gasteiger partial charge on any atom is 0.226 e. The van der Waals surface area contributed by atoms with Crippen molar-refractivity contribution in [3.05, 3.63) is 41.1 Å². The van der Waals surface area contributed by atoms with Crippen LogP contribution in [0.5, 0.6) is 0 Å². The third kappa shape index (κ3) is 6.01. The number of anilines is 1. The van der Waals surface area contributed by atoms with E-state index in [1.807, 2.05) is 5.38 Å². The predicted octanol–water partition coefficient (Wildman–Crippen LogP) is 2.01. The number of aromatic nitrogens is 2. The molecule has 2 rings (SSSR count). The lowest BCUT2D eigenvalue weighted by atomic mass is 10.2. The molecule has 2 aromatic rings. The van der Waals surface area contributed by atoms with E-state index < -0.39 is 0 Å². The number of aryl methyl sites for hydroxylation is 1. The fourth-order valence-corrected chi connectivity index (χ4v) is 2.50. The van der Waals surface area contributed by atoms with Gasteiger partial charge in [0.05, 0.1) is 5.01 Å². The predicted molar refractivity (Wildman–Crippen MR) is 85.5 cm³/mol. The molecule has 0 unspecified atom stereocenters. The summed E-state index contributed by atoms with van der Waals surface area (Å²) in [6, 6.07) is 3.43. The van der Waals surface area contributed by atoms with Crippen molar-refractivity contribution in [1.82, 2.24) is 15.3 Å². The Kier molecular flexibility index (Phi) is 6.50. The molecule has 0 aliphatic rings. The number of carbonyl (C=O) groups is 2.